The van der Waals surface area contributed by atoms with Gasteiger partial charge in [-0.25, -0.2) is 0 Å². The summed E-state index contributed by atoms with van der Waals surface area (Å²) in [6.45, 7) is 5.53. The Morgan fingerprint density at radius 2 is 1.93 bits per heavy atom. The van der Waals surface area contributed by atoms with Crippen LogP contribution in [-0.4, -0.2) is 17.5 Å². The molecule has 0 spiro atoms. The zero-order chi connectivity index (χ0) is 11.3. The molecule has 1 rings (SSSR count). The van der Waals surface area contributed by atoms with Crippen molar-refractivity contribution in [3.8, 4) is 6.07 Å². The molecule has 0 aromatic heterocycles. The van der Waals surface area contributed by atoms with Crippen LogP contribution in [0.15, 0.2) is 28.7 Å². The average Bonchev–Trinajstić information content (AvgIpc) is 2.20. The highest BCUT2D eigenvalue weighted by atomic mass is 79.9. The van der Waals surface area contributed by atoms with E-state index < -0.39 is 0 Å². The Hall–Kier alpha value is -0.850. The number of nitriles is 1. The van der Waals surface area contributed by atoms with Crippen LogP contribution in [-0.2, 0) is 6.54 Å². The second-order valence-electron chi connectivity index (χ2n) is 3.78. The molecule has 0 aliphatic heterocycles. The van der Waals surface area contributed by atoms with Gasteiger partial charge in [0.25, 0.3) is 0 Å². The van der Waals surface area contributed by atoms with Crippen molar-refractivity contribution in [2.24, 2.45) is 0 Å². The molecule has 2 nitrogen and oxygen atoms in total. The molecule has 0 amide bonds. The third kappa shape index (κ3) is 4.03. The number of halogens is 1. The molecular formula is C12H15BrN2. The summed E-state index contributed by atoms with van der Waals surface area (Å²) in [5, 5.41) is 8.71. The molecule has 0 heterocycles. The first-order valence-electron chi connectivity index (χ1n) is 4.99. The summed E-state index contributed by atoms with van der Waals surface area (Å²) >= 11 is 3.41. The molecule has 0 saturated heterocycles. The fraction of sp³-hybridized carbons (Fsp3) is 0.417. The normalized spacial score (nSPS) is 10.7. The Morgan fingerprint density at radius 1 is 1.33 bits per heavy atom. The Kier molecular flexibility index (Phi) is 4.80. The largest absolute Gasteiger partial charge is 0.284 e. The average molecular weight is 267 g/mol. The van der Waals surface area contributed by atoms with Gasteiger partial charge in [0, 0.05) is 17.1 Å². The molecule has 1 aromatic carbocycles. The van der Waals surface area contributed by atoms with Gasteiger partial charge in [0.1, 0.15) is 0 Å². The van der Waals surface area contributed by atoms with Crippen LogP contribution in [0.4, 0.5) is 0 Å². The maximum absolute atomic E-state index is 8.71. The summed E-state index contributed by atoms with van der Waals surface area (Å²) in [6.07, 6.45) is 0. The van der Waals surface area contributed by atoms with Crippen LogP contribution in [0.1, 0.15) is 19.4 Å². The summed E-state index contributed by atoms with van der Waals surface area (Å²) in [6, 6.07) is 10.8. The first-order chi connectivity index (χ1) is 7.13. The summed E-state index contributed by atoms with van der Waals surface area (Å²) in [5.41, 5.74) is 1.24. The van der Waals surface area contributed by atoms with E-state index in [1.165, 1.54) is 5.56 Å². The maximum Gasteiger partial charge on any atom is 0.0871 e. The molecule has 0 saturated carbocycles. The van der Waals surface area contributed by atoms with Crippen molar-refractivity contribution in [2.75, 3.05) is 6.54 Å². The zero-order valence-corrected chi connectivity index (χ0v) is 10.7. The number of hydrogen-bond donors (Lipinski definition) is 0. The molecule has 0 unspecified atom stereocenters. The van der Waals surface area contributed by atoms with Gasteiger partial charge in [0.15, 0.2) is 0 Å². The van der Waals surface area contributed by atoms with Gasteiger partial charge < -0.3 is 0 Å². The lowest BCUT2D eigenvalue weighted by molar-refractivity contribution is 0.240. The molecule has 3 heteroatoms. The SMILES string of the molecule is CC(C)N(CC#N)Cc1ccc(Br)cc1. The van der Waals surface area contributed by atoms with E-state index in [4.69, 9.17) is 5.26 Å². The van der Waals surface area contributed by atoms with Gasteiger partial charge in [-0.15, -0.1) is 0 Å². The number of rotatable bonds is 4. The van der Waals surface area contributed by atoms with E-state index in [-0.39, 0.29) is 0 Å². The highest BCUT2D eigenvalue weighted by Gasteiger charge is 2.08. The van der Waals surface area contributed by atoms with Crippen molar-refractivity contribution in [2.45, 2.75) is 26.4 Å². The minimum Gasteiger partial charge on any atom is -0.284 e. The highest BCUT2D eigenvalue weighted by Crippen LogP contribution is 2.13. The minimum absolute atomic E-state index is 0.397. The lowest BCUT2D eigenvalue weighted by atomic mass is 10.2. The molecule has 0 aliphatic carbocycles. The van der Waals surface area contributed by atoms with Gasteiger partial charge in [-0.2, -0.15) is 5.26 Å². The highest BCUT2D eigenvalue weighted by molar-refractivity contribution is 9.10. The molecule has 80 valence electrons. The zero-order valence-electron chi connectivity index (χ0n) is 9.07. The van der Waals surface area contributed by atoms with Gasteiger partial charge in [-0.1, -0.05) is 28.1 Å². The monoisotopic (exact) mass is 266 g/mol. The standard InChI is InChI=1S/C12H15BrN2/c1-10(2)15(8-7-14)9-11-3-5-12(13)6-4-11/h3-6,10H,8-9H2,1-2H3. The lowest BCUT2D eigenvalue weighted by Crippen LogP contribution is -2.30. The molecule has 0 atom stereocenters. The van der Waals surface area contributed by atoms with E-state index in [0.717, 1.165) is 11.0 Å². The van der Waals surface area contributed by atoms with Gasteiger partial charge in [-0.3, -0.25) is 4.90 Å². The van der Waals surface area contributed by atoms with Crippen molar-refractivity contribution in [3.63, 3.8) is 0 Å². The van der Waals surface area contributed by atoms with Crippen LogP contribution in [0.5, 0.6) is 0 Å². The van der Waals surface area contributed by atoms with E-state index in [0.29, 0.717) is 12.6 Å². The van der Waals surface area contributed by atoms with Gasteiger partial charge in [-0.05, 0) is 31.5 Å². The fourth-order valence-corrected chi connectivity index (χ4v) is 1.60. The first kappa shape index (κ1) is 12.2. The topological polar surface area (TPSA) is 27.0 Å². The maximum atomic E-state index is 8.71. The van der Waals surface area contributed by atoms with Gasteiger partial charge in [0.05, 0.1) is 12.6 Å². The number of nitrogens with zero attached hydrogens (tertiary/aromatic N) is 2. The van der Waals surface area contributed by atoms with Crippen LogP contribution in [0, 0.1) is 11.3 Å². The Morgan fingerprint density at radius 3 is 2.40 bits per heavy atom. The van der Waals surface area contributed by atoms with Crippen LogP contribution in [0.3, 0.4) is 0 Å². The van der Waals surface area contributed by atoms with Crippen molar-refractivity contribution < 1.29 is 0 Å². The van der Waals surface area contributed by atoms with Crippen LogP contribution >= 0.6 is 15.9 Å². The molecule has 0 fully saturated rings. The van der Waals surface area contributed by atoms with Crippen LogP contribution in [0.2, 0.25) is 0 Å². The Labute approximate surface area is 99.6 Å². The Bertz CT molecular complexity index is 338. The summed E-state index contributed by atoms with van der Waals surface area (Å²) in [7, 11) is 0. The molecule has 0 N–H and O–H groups in total. The smallest absolute Gasteiger partial charge is 0.0871 e. The van der Waals surface area contributed by atoms with E-state index in [9.17, 15) is 0 Å². The quantitative estimate of drug-likeness (QED) is 0.783. The second-order valence-corrected chi connectivity index (χ2v) is 4.70. The molecule has 0 aliphatic rings. The molecular weight excluding hydrogens is 252 g/mol. The second kappa shape index (κ2) is 5.89. The van der Waals surface area contributed by atoms with Crippen molar-refractivity contribution >= 4 is 15.9 Å². The molecule has 0 radical (unpaired) electrons. The molecule has 1 aromatic rings. The Balaban J connectivity index is 2.66. The minimum atomic E-state index is 0.397. The molecule has 15 heavy (non-hydrogen) atoms. The van der Waals surface area contributed by atoms with Crippen molar-refractivity contribution in [1.29, 1.82) is 5.26 Å². The van der Waals surface area contributed by atoms with Gasteiger partial charge in [0.2, 0.25) is 0 Å². The third-order valence-electron chi connectivity index (χ3n) is 2.30. The van der Waals surface area contributed by atoms with Crippen molar-refractivity contribution in [1.82, 2.24) is 4.90 Å². The van der Waals surface area contributed by atoms with E-state index in [1.807, 2.05) is 12.1 Å². The van der Waals surface area contributed by atoms with E-state index in [2.05, 4.69) is 52.9 Å². The third-order valence-corrected chi connectivity index (χ3v) is 2.83. The van der Waals surface area contributed by atoms with E-state index in [1.54, 1.807) is 0 Å². The van der Waals surface area contributed by atoms with E-state index >= 15 is 0 Å². The van der Waals surface area contributed by atoms with Crippen LogP contribution < -0.4 is 0 Å². The molecule has 0 bridgehead atoms. The van der Waals surface area contributed by atoms with Crippen LogP contribution in [0.25, 0.3) is 0 Å². The predicted molar refractivity (Wildman–Crippen MR) is 65.3 cm³/mol. The van der Waals surface area contributed by atoms with Crippen molar-refractivity contribution in [3.05, 3.63) is 34.3 Å². The number of hydrogen-bond acceptors (Lipinski definition) is 2. The predicted octanol–water partition coefficient (Wildman–Crippen LogP) is 3.18. The van der Waals surface area contributed by atoms with Gasteiger partial charge >= 0.3 is 0 Å². The first-order valence-corrected chi connectivity index (χ1v) is 5.78. The fourth-order valence-electron chi connectivity index (χ4n) is 1.34. The summed E-state index contributed by atoms with van der Waals surface area (Å²) < 4.78 is 1.09. The summed E-state index contributed by atoms with van der Waals surface area (Å²) in [5.74, 6) is 0. The number of benzene rings is 1. The lowest BCUT2D eigenvalue weighted by Gasteiger charge is -2.23. The summed E-state index contributed by atoms with van der Waals surface area (Å²) in [4.78, 5) is 2.14.